The summed E-state index contributed by atoms with van der Waals surface area (Å²) in [6.45, 7) is 1.29. The molecule has 0 saturated carbocycles. The number of rotatable bonds is 1. The normalized spacial score (nSPS) is 13.2. The zero-order valence-corrected chi connectivity index (χ0v) is 9.52. The summed E-state index contributed by atoms with van der Waals surface area (Å²) in [6.07, 6.45) is 1.06. The van der Waals surface area contributed by atoms with Crippen LogP contribution in [-0.2, 0) is 21.7 Å². The molecule has 0 N–H and O–H groups in total. The Morgan fingerprint density at radius 1 is 1.57 bits per heavy atom. The molecule has 14 heavy (non-hydrogen) atoms. The minimum Gasteiger partial charge on any atom is -0.273 e. The molecule has 1 aromatic heterocycles. The monoisotopic (exact) mass is 235 g/mol. The smallest absolute Gasteiger partial charge is 0.245 e. The number of aryl methyl sites for hydroxylation is 1. The van der Waals surface area contributed by atoms with Crippen molar-refractivity contribution < 1.29 is 13.2 Å². The Bertz CT molecular complexity index is 523. The number of nitrogens with zero attached hydrogens (tertiary/aromatic N) is 3. The van der Waals surface area contributed by atoms with Crippen LogP contribution in [0.5, 0.6) is 0 Å². The van der Waals surface area contributed by atoms with E-state index in [1.165, 1.54) is 18.7 Å². The molecule has 0 saturated heterocycles. The van der Waals surface area contributed by atoms with E-state index >= 15 is 0 Å². The topological polar surface area (TPSA) is 81.4 Å². The second-order valence-corrected chi connectivity index (χ2v) is 5.82. The van der Waals surface area contributed by atoms with Crippen LogP contribution in [-0.4, -0.2) is 30.4 Å². The molecule has 1 rings (SSSR count). The lowest BCUT2D eigenvalue weighted by atomic mass is 10.8. The Morgan fingerprint density at radius 3 is 2.50 bits per heavy atom. The van der Waals surface area contributed by atoms with Gasteiger partial charge >= 0.3 is 0 Å². The van der Waals surface area contributed by atoms with Gasteiger partial charge in [-0.3, -0.25) is 4.79 Å². The average molecular weight is 235 g/mol. The van der Waals surface area contributed by atoms with E-state index in [2.05, 4.69) is 10.1 Å². The molecule has 6 nitrogen and oxygen atoms in total. The Hall–Kier alpha value is -1.02. The quantitative estimate of drug-likeness (QED) is 0.646. The maximum absolute atomic E-state index is 11.1. The van der Waals surface area contributed by atoms with Gasteiger partial charge in [-0.15, -0.1) is 5.10 Å². The van der Waals surface area contributed by atoms with Gasteiger partial charge in [0.2, 0.25) is 24.9 Å². The number of hydrogen-bond acceptors (Lipinski definition) is 5. The molecule has 1 heterocycles. The first-order valence-electron chi connectivity index (χ1n) is 3.60. The molecule has 0 atom stereocenters. The molecule has 0 aromatic carbocycles. The molecule has 0 aliphatic rings. The third-order valence-electron chi connectivity index (χ3n) is 1.26. The highest BCUT2D eigenvalue weighted by Gasteiger charge is 2.13. The van der Waals surface area contributed by atoms with Crippen LogP contribution >= 0.6 is 11.3 Å². The highest BCUT2D eigenvalue weighted by molar-refractivity contribution is 7.92. The van der Waals surface area contributed by atoms with E-state index in [1.807, 2.05) is 0 Å². The number of sulfone groups is 1. The number of carbonyl (C=O) groups is 1. The van der Waals surface area contributed by atoms with E-state index in [0.29, 0.717) is 0 Å². The van der Waals surface area contributed by atoms with Gasteiger partial charge in [0.05, 0.1) is 0 Å². The van der Waals surface area contributed by atoms with Gasteiger partial charge in [0.15, 0.2) is 0 Å². The van der Waals surface area contributed by atoms with Crippen molar-refractivity contribution in [3.05, 3.63) is 4.80 Å². The van der Waals surface area contributed by atoms with Crippen LogP contribution in [0.25, 0.3) is 0 Å². The Labute approximate surface area is 84.8 Å². The summed E-state index contributed by atoms with van der Waals surface area (Å²) in [5.41, 5.74) is 0. The fourth-order valence-corrected chi connectivity index (χ4v) is 2.48. The predicted octanol–water partition coefficient (Wildman–Crippen LogP) is -0.668. The van der Waals surface area contributed by atoms with Crippen molar-refractivity contribution in [2.45, 2.75) is 11.3 Å². The SMILES string of the molecule is CC(=O)N=c1sc(S(C)(=O)=O)nn1C. The van der Waals surface area contributed by atoms with Gasteiger partial charge in [-0.2, -0.15) is 4.99 Å². The Balaban J connectivity index is 3.40. The molecule has 0 bridgehead atoms. The summed E-state index contributed by atoms with van der Waals surface area (Å²) in [6, 6.07) is 0. The number of amides is 1. The van der Waals surface area contributed by atoms with Crippen LogP contribution in [0.4, 0.5) is 0 Å². The van der Waals surface area contributed by atoms with Crippen molar-refractivity contribution >= 4 is 27.1 Å². The second kappa shape index (κ2) is 3.62. The lowest BCUT2D eigenvalue weighted by Crippen LogP contribution is -2.13. The minimum absolute atomic E-state index is 0.0417. The standard InChI is InChI=1S/C6H9N3O3S2/c1-4(10)7-5-9(2)8-6(13-5)14(3,11)12/h1-3H3. The first-order chi connectivity index (χ1) is 6.30. The summed E-state index contributed by atoms with van der Waals surface area (Å²) < 4.78 is 23.4. The van der Waals surface area contributed by atoms with Gasteiger partial charge in [-0.05, 0) is 0 Å². The zero-order valence-electron chi connectivity index (χ0n) is 7.88. The van der Waals surface area contributed by atoms with Crippen LogP contribution in [0.1, 0.15) is 6.92 Å². The summed E-state index contributed by atoms with van der Waals surface area (Å²) in [7, 11) is -1.79. The maximum atomic E-state index is 11.1. The third kappa shape index (κ3) is 2.48. The molecular formula is C6H9N3O3S2. The average Bonchev–Trinajstić information content (AvgIpc) is 2.30. The highest BCUT2D eigenvalue weighted by atomic mass is 32.2. The highest BCUT2D eigenvalue weighted by Crippen LogP contribution is 2.06. The van der Waals surface area contributed by atoms with Gasteiger partial charge < -0.3 is 0 Å². The molecule has 1 aromatic rings. The van der Waals surface area contributed by atoms with Crippen LogP contribution in [0.2, 0.25) is 0 Å². The zero-order chi connectivity index (χ0) is 10.9. The number of hydrogen-bond donors (Lipinski definition) is 0. The number of aromatic nitrogens is 2. The summed E-state index contributed by atoms with van der Waals surface area (Å²) in [5.74, 6) is -0.385. The van der Waals surface area contributed by atoms with Crippen molar-refractivity contribution in [1.82, 2.24) is 9.78 Å². The molecule has 1 amide bonds. The van der Waals surface area contributed by atoms with Crippen LogP contribution in [0.15, 0.2) is 9.33 Å². The molecule has 8 heteroatoms. The van der Waals surface area contributed by atoms with Crippen molar-refractivity contribution in [2.75, 3.05) is 6.26 Å². The fourth-order valence-electron chi connectivity index (χ4n) is 0.710. The van der Waals surface area contributed by atoms with Gasteiger partial charge in [-0.25, -0.2) is 13.1 Å². The lowest BCUT2D eigenvalue weighted by Gasteiger charge is -1.86. The molecule has 0 unspecified atom stereocenters. The first-order valence-corrected chi connectivity index (χ1v) is 6.31. The number of carbonyl (C=O) groups excluding carboxylic acids is 1. The van der Waals surface area contributed by atoms with Gasteiger partial charge in [0.1, 0.15) is 0 Å². The molecule has 0 fully saturated rings. The van der Waals surface area contributed by atoms with E-state index < -0.39 is 9.84 Å². The summed E-state index contributed by atoms with van der Waals surface area (Å²) in [4.78, 5) is 14.6. The predicted molar refractivity (Wildman–Crippen MR) is 50.4 cm³/mol. The van der Waals surface area contributed by atoms with Crippen molar-refractivity contribution in [3.63, 3.8) is 0 Å². The van der Waals surface area contributed by atoms with Gasteiger partial charge in [0, 0.05) is 20.2 Å². The van der Waals surface area contributed by atoms with Crippen LogP contribution < -0.4 is 4.80 Å². The summed E-state index contributed by atoms with van der Waals surface area (Å²) in [5, 5.41) is 3.74. The van der Waals surface area contributed by atoms with Crippen molar-refractivity contribution in [1.29, 1.82) is 0 Å². The third-order valence-corrected chi connectivity index (χ3v) is 3.93. The lowest BCUT2D eigenvalue weighted by molar-refractivity contribution is -0.116. The van der Waals surface area contributed by atoms with E-state index in [0.717, 1.165) is 17.6 Å². The van der Waals surface area contributed by atoms with Gasteiger partial charge in [-0.1, -0.05) is 11.3 Å². The Kier molecular flexibility index (Phi) is 2.86. The molecule has 0 spiro atoms. The summed E-state index contributed by atoms with van der Waals surface area (Å²) >= 11 is 0.871. The maximum Gasteiger partial charge on any atom is 0.245 e. The van der Waals surface area contributed by atoms with Crippen LogP contribution in [0.3, 0.4) is 0 Å². The van der Waals surface area contributed by atoms with Gasteiger partial charge in [0.25, 0.3) is 0 Å². The largest absolute Gasteiger partial charge is 0.273 e. The fraction of sp³-hybridized carbons (Fsp3) is 0.500. The van der Waals surface area contributed by atoms with E-state index in [4.69, 9.17) is 0 Å². The Morgan fingerprint density at radius 2 is 2.14 bits per heavy atom. The molecule has 0 radical (unpaired) electrons. The van der Waals surface area contributed by atoms with Crippen molar-refractivity contribution in [2.24, 2.45) is 12.0 Å². The molecule has 0 aliphatic heterocycles. The molecular weight excluding hydrogens is 226 g/mol. The second-order valence-electron chi connectivity index (χ2n) is 2.68. The van der Waals surface area contributed by atoms with E-state index in [1.54, 1.807) is 0 Å². The van der Waals surface area contributed by atoms with Crippen LogP contribution in [0, 0.1) is 0 Å². The molecule has 0 aliphatic carbocycles. The van der Waals surface area contributed by atoms with E-state index in [9.17, 15) is 13.2 Å². The molecule has 78 valence electrons. The first kappa shape index (κ1) is 11.1. The van der Waals surface area contributed by atoms with E-state index in [-0.39, 0.29) is 15.0 Å². The van der Waals surface area contributed by atoms with Crippen molar-refractivity contribution in [3.8, 4) is 0 Å². The minimum atomic E-state index is -3.33.